The summed E-state index contributed by atoms with van der Waals surface area (Å²) < 4.78 is 0. The van der Waals surface area contributed by atoms with E-state index in [1.807, 2.05) is 17.0 Å². The number of thioether (sulfide) groups is 1. The first-order valence-corrected chi connectivity index (χ1v) is 9.49. The van der Waals surface area contributed by atoms with Crippen molar-refractivity contribution in [2.75, 3.05) is 18.8 Å². The molecule has 2 amide bonds. The van der Waals surface area contributed by atoms with Crippen LogP contribution in [-0.2, 0) is 15.3 Å². The lowest BCUT2D eigenvalue weighted by molar-refractivity contribution is -0.129. The smallest absolute Gasteiger partial charge is 0.232 e. The second-order valence-electron chi connectivity index (χ2n) is 6.55. The van der Waals surface area contributed by atoms with Crippen LogP contribution in [-0.4, -0.2) is 41.6 Å². The van der Waals surface area contributed by atoms with Crippen LogP contribution in [0.1, 0.15) is 30.4 Å². The van der Waals surface area contributed by atoms with Gasteiger partial charge in [0.1, 0.15) is 0 Å². The zero-order valence-corrected chi connectivity index (χ0v) is 14.4. The Morgan fingerprint density at radius 3 is 2.96 bits per heavy atom. The van der Waals surface area contributed by atoms with Gasteiger partial charge in [0.05, 0.1) is 11.7 Å². The predicted molar refractivity (Wildman–Crippen MR) is 93.2 cm³/mol. The van der Waals surface area contributed by atoms with Crippen LogP contribution in [0.5, 0.6) is 0 Å². The van der Waals surface area contributed by atoms with Crippen LogP contribution in [0.2, 0.25) is 0 Å². The van der Waals surface area contributed by atoms with E-state index in [1.165, 1.54) is 11.1 Å². The molecule has 124 valence electrons. The fourth-order valence-electron chi connectivity index (χ4n) is 3.37. The van der Waals surface area contributed by atoms with E-state index in [-0.39, 0.29) is 23.8 Å². The molecule has 1 aromatic rings. The first kappa shape index (κ1) is 16.4. The van der Waals surface area contributed by atoms with Crippen molar-refractivity contribution >= 4 is 23.6 Å². The molecule has 3 rings (SSSR count). The largest absolute Gasteiger partial charge is 0.351 e. The highest BCUT2D eigenvalue weighted by Crippen LogP contribution is 2.23. The second kappa shape index (κ2) is 7.39. The van der Waals surface area contributed by atoms with Gasteiger partial charge in [-0.1, -0.05) is 30.7 Å². The van der Waals surface area contributed by atoms with Crippen molar-refractivity contribution in [3.63, 3.8) is 0 Å². The molecule has 2 fully saturated rings. The number of amides is 2. The standard InChI is InChI=1S/C18H24N2O2S/c1-13-5-2-3-6-15(13)11-23-12-17(21)20-9-14-7-4-8-16(10-20)19-18(14)22/h2-3,5-6,14,16H,4,7-12H2,1H3,(H,19,22)/t14-,16+/m0/s1. The number of carbonyl (C=O) groups excluding carboxylic acids is 2. The minimum Gasteiger partial charge on any atom is -0.351 e. The van der Waals surface area contributed by atoms with Gasteiger partial charge in [-0.3, -0.25) is 9.59 Å². The van der Waals surface area contributed by atoms with Gasteiger partial charge in [0.15, 0.2) is 0 Å². The number of hydrogen-bond donors (Lipinski definition) is 1. The van der Waals surface area contributed by atoms with Crippen molar-refractivity contribution in [1.29, 1.82) is 0 Å². The van der Waals surface area contributed by atoms with Gasteiger partial charge < -0.3 is 10.2 Å². The Kier molecular flexibility index (Phi) is 5.26. The molecular weight excluding hydrogens is 308 g/mol. The maximum Gasteiger partial charge on any atom is 0.232 e. The highest BCUT2D eigenvalue weighted by molar-refractivity contribution is 7.99. The summed E-state index contributed by atoms with van der Waals surface area (Å²) in [5.74, 6) is 1.62. The van der Waals surface area contributed by atoms with Crippen LogP contribution < -0.4 is 5.32 Å². The molecule has 0 aliphatic carbocycles. The average Bonchev–Trinajstić information content (AvgIpc) is 2.77. The van der Waals surface area contributed by atoms with Crippen molar-refractivity contribution in [1.82, 2.24) is 10.2 Å². The van der Waals surface area contributed by atoms with E-state index >= 15 is 0 Å². The van der Waals surface area contributed by atoms with Crippen LogP contribution in [0.15, 0.2) is 24.3 Å². The van der Waals surface area contributed by atoms with Gasteiger partial charge in [-0.05, 0) is 30.9 Å². The summed E-state index contributed by atoms with van der Waals surface area (Å²) in [5.41, 5.74) is 2.56. The van der Waals surface area contributed by atoms with Crippen molar-refractivity contribution in [3.8, 4) is 0 Å². The van der Waals surface area contributed by atoms with Crippen LogP contribution in [0.4, 0.5) is 0 Å². The lowest BCUT2D eigenvalue weighted by Crippen LogP contribution is -2.42. The van der Waals surface area contributed by atoms with E-state index in [0.717, 1.165) is 25.0 Å². The molecule has 5 heteroatoms. The normalized spacial score (nSPS) is 24.0. The molecule has 2 aliphatic rings. The number of nitrogens with zero attached hydrogens (tertiary/aromatic N) is 1. The molecule has 0 radical (unpaired) electrons. The van der Waals surface area contributed by atoms with Crippen LogP contribution in [0.25, 0.3) is 0 Å². The zero-order valence-electron chi connectivity index (χ0n) is 13.6. The van der Waals surface area contributed by atoms with Crippen molar-refractivity contribution < 1.29 is 9.59 Å². The summed E-state index contributed by atoms with van der Waals surface area (Å²) in [4.78, 5) is 26.5. The number of rotatable bonds is 4. The first-order valence-electron chi connectivity index (χ1n) is 8.34. The Balaban J connectivity index is 1.54. The minimum atomic E-state index is -0.0205. The molecule has 0 unspecified atom stereocenters. The molecule has 2 saturated heterocycles. The van der Waals surface area contributed by atoms with E-state index in [4.69, 9.17) is 0 Å². The molecule has 0 spiro atoms. The van der Waals surface area contributed by atoms with Crippen molar-refractivity contribution in [2.45, 2.75) is 38.0 Å². The Labute approximate surface area is 142 Å². The summed E-state index contributed by atoms with van der Waals surface area (Å²) in [6.07, 6.45) is 2.98. The number of likely N-dealkylation sites (tertiary alicyclic amines) is 1. The van der Waals surface area contributed by atoms with Gasteiger partial charge in [0.2, 0.25) is 11.8 Å². The first-order chi connectivity index (χ1) is 11.1. The number of nitrogens with one attached hydrogen (secondary N) is 1. The average molecular weight is 332 g/mol. The number of benzene rings is 1. The van der Waals surface area contributed by atoms with Crippen LogP contribution in [0.3, 0.4) is 0 Å². The third-order valence-corrected chi connectivity index (χ3v) is 5.77. The Hall–Kier alpha value is -1.49. The molecule has 23 heavy (non-hydrogen) atoms. The van der Waals surface area contributed by atoms with Crippen molar-refractivity contribution in [2.24, 2.45) is 5.92 Å². The molecule has 1 N–H and O–H groups in total. The van der Waals surface area contributed by atoms with E-state index in [0.29, 0.717) is 18.8 Å². The molecule has 2 atom stereocenters. The van der Waals surface area contributed by atoms with Gasteiger partial charge in [-0.2, -0.15) is 0 Å². The Morgan fingerprint density at radius 1 is 1.30 bits per heavy atom. The highest BCUT2D eigenvalue weighted by Gasteiger charge is 2.34. The lowest BCUT2D eigenvalue weighted by atomic mass is 9.99. The highest BCUT2D eigenvalue weighted by atomic mass is 32.2. The SMILES string of the molecule is Cc1ccccc1CSCC(=O)N1C[C@H]2CCC[C@@H](C1)C(=O)N2. The zero-order chi connectivity index (χ0) is 16.2. The van der Waals surface area contributed by atoms with Gasteiger partial charge in [0.25, 0.3) is 0 Å². The maximum absolute atomic E-state index is 12.5. The Morgan fingerprint density at radius 2 is 2.13 bits per heavy atom. The fourth-order valence-corrected chi connectivity index (χ4v) is 4.37. The van der Waals surface area contributed by atoms with E-state index in [2.05, 4.69) is 24.4 Å². The molecule has 0 saturated carbocycles. The summed E-state index contributed by atoms with van der Waals surface area (Å²) >= 11 is 1.66. The van der Waals surface area contributed by atoms with Gasteiger partial charge >= 0.3 is 0 Å². The second-order valence-corrected chi connectivity index (χ2v) is 7.54. The molecule has 1 aromatic carbocycles. The quantitative estimate of drug-likeness (QED) is 0.921. The molecule has 2 aliphatic heterocycles. The molecule has 4 nitrogen and oxygen atoms in total. The molecular formula is C18H24N2O2S. The van der Waals surface area contributed by atoms with E-state index < -0.39 is 0 Å². The van der Waals surface area contributed by atoms with Gasteiger partial charge in [-0.15, -0.1) is 11.8 Å². The lowest BCUT2D eigenvalue weighted by Gasteiger charge is -2.27. The van der Waals surface area contributed by atoms with E-state index in [9.17, 15) is 9.59 Å². The number of carbonyl (C=O) groups is 2. The van der Waals surface area contributed by atoms with Gasteiger partial charge in [0, 0.05) is 24.9 Å². The topological polar surface area (TPSA) is 49.4 Å². The third-order valence-electron chi connectivity index (χ3n) is 4.80. The minimum absolute atomic E-state index is 0.0205. The summed E-state index contributed by atoms with van der Waals surface area (Å²) in [5, 5.41) is 3.08. The van der Waals surface area contributed by atoms with Crippen molar-refractivity contribution in [3.05, 3.63) is 35.4 Å². The summed E-state index contributed by atoms with van der Waals surface area (Å²) in [6.45, 7) is 3.36. The van der Waals surface area contributed by atoms with Gasteiger partial charge in [-0.25, -0.2) is 0 Å². The number of fused-ring (bicyclic) bond motifs is 3. The predicted octanol–water partition coefficient (Wildman–Crippen LogP) is 2.36. The fraction of sp³-hybridized carbons (Fsp3) is 0.556. The molecule has 0 aromatic heterocycles. The number of aryl methyl sites for hydroxylation is 1. The monoisotopic (exact) mass is 332 g/mol. The Bertz CT molecular complexity index is 590. The van der Waals surface area contributed by atoms with Crippen LogP contribution >= 0.6 is 11.8 Å². The third kappa shape index (κ3) is 4.08. The molecule has 2 bridgehead atoms. The molecule has 2 heterocycles. The maximum atomic E-state index is 12.5. The number of hydrogen-bond acceptors (Lipinski definition) is 3. The summed E-state index contributed by atoms with van der Waals surface area (Å²) in [6, 6.07) is 8.43. The van der Waals surface area contributed by atoms with E-state index in [1.54, 1.807) is 11.8 Å². The summed E-state index contributed by atoms with van der Waals surface area (Å²) in [7, 11) is 0. The van der Waals surface area contributed by atoms with Crippen LogP contribution in [0, 0.1) is 12.8 Å².